The second-order valence-corrected chi connectivity index (χ2v) is 6.69. The number of aromatic nitrogens is 2. The average Bonchev–Trinajstić information content (AvgIpc) is 2.87. The van der Waals surface area contributed by atoms with Crippen LogP contribution < -0.4 is 5.76 Å². The van der Waals surface area contributed by atoms with Gasteiger partial charge >= 0.3 is 5.76 Å². The number of aryl methyl sites for hydroxylation is 1. The summed E-state index contributed by atoms with van der Waals surface area (Å²) in [6.07, 6.45) is 3.85. The van der Waals surface area contributed by atoms with Crippen LogP contribution in [0.25, 0.3) is 0 Å². The Bertz CT molecular complexity index is 565. The zero-order valence-electron chi connectivity index (χ0n) is 13.6. The van der Waals surface area contributed by atoms with Crippen LogP contribution in [0.4, 0.5) is 0 Å². The van der Waals surface area contributed by atoms with E-state index in [-0.39, 0.29) is 23.6 Å². The molecule has 2 aliphatic rings. The Kier molecular flexibility index (Phi) is 4.38. The Morgan fingerprint density at radius 3 is 2.82 bits per heavy atom. The minimum absolute atomic E-state index is 0.0249. The fourth-order valence-corrected chi connectivity index (χ4v) is 3.21. The SMILES string of the molecule is CN1C(COCC2CCCCc3noc(=O)n32)COC1(C)C. The smallest absolute Gasteiger partial charge is 0.378 e. The minimum atomic E-state index is -0.368. The quantitative estimate of drug-likeness (QED) is 0.832. The summed E-state index contributed by atoms with van der Waals surface area (Å²) in [5.41, 5.74) is -0.241. The van der Waals surface area contributed by atoms with Crippen LogP contribution in [0.2, 0.25) is 0 Å². The van der Waals surface area contributed by atoms with Gasteiger partial charge < -0.3 is 9.47 Å². The number of nitrogens with zero attached hydrogens (tertiary/aromatic N) is 3. The third-order valence-corrected chi connectivity index (χ3v) is 4.90. The number of likely N-dealkylation sites (N-methyl/N-ethyl adjacent to an activating group) is 1. The van der Waals surface area contributed by atoms with E-state index in [2.05, 4.69) is 31.0 Å². The van der Waals surface area contributed by atoms with Crippen LogP contribution in [0.5, 0.6) is 0 Å². The van der Waals surface area contributed by atoms with E-state index in [9.17, 15) is 4.79 Å². The van der Waals surface area contributed by atoms with E-state index in [4.69, 9.17) is 14.0 Å². The second-order valence-electron chi connectivity index (χ2n) is 6.69. The molecule has 0 N–H and O–H groups in total. The van der Waals surface area contributed by atoms with Crippen molar-refractivity contribution in [2.24, 2.45) is 0 Å². The molecule has 2 aliphatic heterocycles. The third kappa shape index (κ3) is 2.98. The molecule has 0 saturated carbocycles. The zero-order valence-corrected chi connectivity index (χ0v) is 13.6. The summed E-state index contributed by atoms with van der Waals surface area (Å²) in [6.45, 7) is 5.90. The first-order valence-electron chi connectivity index (χ1n) is 8.01. The summed E-state index contributed by atoms with van der Waals surface area (Å²) >= 11 is 0. The van der Waals surface area contributed by atoms with Gasteiger partial charge in [-0.25, -0.2) is 4.79 Å². The maximum atomic E-state index is 11.8. The molecule has 1 fully saturated rings. The molecule has 124 valence electrons. The number of hydrogen-bond donors (Lipinski definition) is 0. The van der Waals surface area contributed by atoms with Crippen LogP contribution in [0.1, 0.15) is 45.0 Å². The van der Waals surface area contributed by atoms with E-state index >= 15 is 0 Å². The molecular formula is C15H25N3O4. The van der Waals surface area contributed by atoms with Gasteiger partial charge in [0.15, 0.2) is 5.82 Å². The molecule has 0 aromatic carbocycles. The van der Waals surface area contributed by atoms with Crippen LogP contribution in [-0.4, -0.2) is 53.3 Å². The normalized spacial score (nSPS) is 28.5. The summed E-state index contributed by atoms with van der Waals surface area (Å²) in [5.74, 6) is 0.381. The highest BCUT2D eigenvalue weighted by atomic mass is 16.5. The lowest BCUT2D eigenvalue weighted by Crippen LogP contribution is -2.42. The molecule has 2 unspecified atom stereocenters. The molecule has 0 aliphatic carbocycles. The molecule has 22 heavy (non-hydrogen) atoms. The van der Waals surface area contributed by atoms with Crippen molar-refractivity contribution in [2.45, 2.75) is 57.3 Å². The molecule has 0 radical (unpaired) electrons. The highest BCUT2D eigenvalue weighted by Gasteiger charge is 2.37. The summed E-state index contributed by atoms with van der Waals surface area (Å²) in [5, 5.41) is 3.87. The molecule has 0 amide bonds. The van der Waals surface area contributed by atoms with E-state index in [0.29, 0.717) is 19.8 Å². The fraction of sp³-hybridized carbons (Fsp3) is 0.867. The molecule has 7 nitrogen and oxygen atoms in total. The largest absolute Gasteiger partial charge is 0.441 e. The van der Waals surface area contributed by atoms with Crippen molar-refractivity contribution >= 4 is 0 Å². The van der Waals surface area contributed by atoms with Crippen molar-refractivity contribution < 1.29 is 14.0 Å². The molecule has 3 heterocycles. The third-order valence-electron chi connectivity index (χ3n) is 4.90. The lowest BCUT2D eigenvalue weighted by atomic mass is 10.1. The first-order valence-corrected chi connectivity index (χ1v) is 8.01. The molecule has 1 aromatic heterocycles. The van der Waals surface area contributed by atoms with Gasteiger partial charge in [-0.3, -0.25) is 14.0 Å². The van der Waals surface area contributed by atoms with Gasteiger partial charge in [-0.2, -0.15) is 0 Å². The molecule has 7 heteroatoms. The zero-order chi connectivity index (χ0) is 15.7. The molecule has 0 spiro atoms. The first-order chi connectivity index (χ1) is 10.5. The Hall–Kier alpha value is -1.18. The maximum absolute atomic E-state index is 11.8. The molecule has 2 atom stereocenters. The Morgan fingerprint density at radius 2 is 2.09 bits per heavy atom. The van der Waals surface area contributed by atoms with Crippen molar-refractivity contribution in [3.05, 3.63) is 16.4 Å². The van der Waals surface area contributed by atoms with Crippen molar-refractivity contribution in [3.63, 3.8) is 0 Å². The van der Waals surface area contributed by atoms with Crippen LogP contribution in [-0.2, 0) is 15.9 Å². The highest BCUT2D eigenvalue weighted by Crippen LogP contribution is 2.26. The second kappa shape index (κ2) is 6.14. The van der Waals surface area contributed by atoms with Crippen molar-refractivity contribution in [1.82, 2.24) is 14.6 Å². The van der Waals surface area contributed by atoms with Gasteiger partial charge in [0.25, 0.3) is 0 Å². The Balaban J connectivity index is 1.58. The van der Waals surface area contributed by atoms with Gasteiger partial charge in [0.1, 0.15) is 5.72 Å². The monoisotopic (exact) mass is 311 g/mol. The van der Waals surface area contributed by atoms with Gasteiger partial charge in [-0.15, -0.1) is 0 Å². The van der Waals surface area contributed by atoms with Gasteiger partial charge in [0, 0.05) is 6.42 Å². The van der Waals surface area contributed by atoms with E-state index in [1.54, 1.807) is 4.57 Å². The van der Waals surface area contributed by atoms with Crippen LogP contribution in [0.15, 0.2) is 9.32 Å². The maximum Gasteiger partial charge on any atom is 0.441 e. The number of rotatable bonds is 4. The molecular weight excluding hydrogens is 286 g/mol. The van der Waals surface area contributed by atoms with Crippen molar-refractivity contribution in [2.75, 3.05) is 26.9 Å². The number of fused-ring (bicyclic) bond motifs is 1. The average molecular weight is 311 g/mol. The molecule has 1 saturated heterocycles. The summed E-state index contributed by atoms with van der Waals surface area (Å²) in [4.78, 5) is 14.0. The van der Waals surface area contributed by atoms with Crippen LogP contribution >= 0.6 is 0 Å². The van der Waals surface area contributed by atoms with E-state index in [1.807, 2.05) is 0 Å². The Morgan fingerprint density at radius 1 is 1.32 bits per heavy atom. The fourth-order valence-electron chi connectivity index (χ4n) is 3.21. The van der Waals surface area contributed by atoms with Gasteiger partial charge in [-0.1, -0.05) is 11.6 Å². The lowest BCUT2D eigenvalue weighted by molar-refractivity contribution is -0.0446. The van der Waals surface area contributed by atoms with Crippen molar-refractivity contribution in [3.8, 4) is 0 Å². The lowest BCUT2D eigenvalue weighted by Gasteiger charge is -2.29. The molecule has 3 rings (SSSR count). The van der Waals surface area contributed by atoms with Crippen molar-refractivity contribution in [1.29, 1.82) is 0 Å². The molecule has 0 bridgehead atoms. The Labute approximate surface area is 130 Å². The summed E-state index contributed by atoms with van der Waals surface area (Å²) in [7, 11) is 2.05. The minimum Gasteiger partial charge on any atom is -0.378 e. The van der Waals surface area contributed by atoms with Gasteiger partial charge in [-0.05, 0) is 33.7 Å². The number of ether oxygens (including phenoxy) is 2. The number of hydrogen-bond acceptors (Lipinski definition) is 6. The van der Waals surface area contributed by atoms with Gasteiger partial charge in [0.05, 0.1) is 31.9 Å². The van der Waals surface area contributed by atoms with E-state index in [0.717, 1.165) is 31.5 Å². The molecule has 1 aromatic rings. The predicted molar refractivity (Wildman–Crippen MR) is 79.8 cm³/mol. The van der Waals surface area contributed by atoms with E-state index < -0.39 is 0 Å². The van der Waals surface area contributed by atoms with Crippen LogP contribution in [0.3, 0.4) is 0 Å². The van der Waals surface area contributed by atoms with Gasteiger partial charge in [0.2, 0.25) is 0 Å². The topological polar surface area (TPSA) is 69.7 Å². The van der Waals surface area contributed by atoms with Crippen LogP contribution in [0, 0.1) is 0 Å². The summed E-state index contributed by atoms with van der Waals surface area (Å²) in [6, 6.07) is 0.274. The standard InChI is InChI=1S/C15H25N3O4/c1-15(2)17(3)12(10-21-15)9-20-8-11-6-4-5-7-13-16-22-14(19)18(11)13/h11-12H,4-10H2,1-3H3. The predicted octanol–water partition coefficient (Wildman–Crippen LogP) is 1.19. The first kappa shape index (κ1) is 15.7. The summed E-state index contributed by atoms with van der Waals surface area (Å²) < 4.78 is 18.1. The van der Waals surface area contributed by atoms with E-state index in [1.165, 1.54) is 0 Å². The highest BCUT2D eigenvalue weighted by molar-refractivity contribution is 4.91.